The third kappa shape index (κ3) is 6.65. The molecule has 0 fully saturated rings. The molecule has 1 rings (SSSR count). The third-order valence-corrected chi connectivity index (χ3v) is 3.02. The van der Waals surface area contributed by atoms with Crippen molar-refractivity contribution in [1.82, 2.24) is 10.3 Å². The number of nitrogens with two attached hydrogens (primary N) is 1. The summed E-state index contributed by atoms with van der Waals surface area (Å²) in [4.78, 5) is 15.7. The van der Waals surface area contributed by atoms with Gasteiger partial charge >= 0.3 is 6.09 Å². The van der Waals surface area contributed by atoms with Crippen LogP contribution in [-0.4, -0.2) is 29.8 Å². The van der Waals surface area contributed by atoms with Gasteiger partial charge in [0.1, 0.15) is 5.60 Å². The molecule has 1 amide bonds. The lowest BCUT2D eigenvalue weighted by Gasteiger charge is -2.22. The SMILES string of the molecule is COc1cc(CCC[C@H](C)NC(=O)OC(C)(C)C)cnc1N. The number of ether oxygens (including phenoxy) is 2. The largest absolute Gasteiger partial charge is 0.493 e. The van der Waals surface area contributed by atoms with Crippen LogP contribution in [0.2, 0.25) is 0 Å². The van der Waals surface area contributed by atoms with E-state index in [9.17, 15) is 4.79 Å². The quantitative estimate of drug-likeness (QED) is 0.843. The van der Waals surface area contributed by atoms with Gasteiger partial charge in [-0.25, -0.2) is 9.78 Å². The summed E-state index contributed by atoms with van der Waals surface area (Å²) in [7, 11) is 1.57. The summed E-state index contributed by atoms with van der Waals surface area (Å²) >= 11 is 0. The fraction of sp³-hybridized carbons (Fsp3) is 0.625. The highest BCUT2D eigenvalue weighted by Gasteiger charge is 2.17. The van der Waals surface area contributed by atoms with Crippen LogP contribution in [0.3, 0.4) is 0 Å². The van der Waals surface area contributed by atoms with Gasteiger partial charge in [0.2, 0.25) is 0 Å². The molecular weight excluding hydrogens is 282 g/mol. The van der Waals surface area contributed by atoms with Gasteiger partial charge in [0.15, 0.2) is 11.6 Å². The summed E-state index contributed by atoms with van der Waals surface area (Å²) in [6.07, 6.45) is 4.00. The Hall–Kier alpha value is -1.98. The van der Waals surface area contributed by atoms with Crippen molar-refractivity contribution in [3.8, 4) is 5.75 Å². The molecule has 0 aliphatic carbocycles. The van der Waals surface area contributed by atoms with Crippen molar-refractivity contribution in [3.63, 3.8) is 0 Å². The Balaban J connectivity index is 2.36. The number of hydrogen-bond acceptors (Lipinski definition) is 5. The number of nitrogens with zero attached hydrogens (tertiary/aromatic N) is 1. The van der Waals surface area contributed by atoms with Gasteiger partial charge in [-0.3, -0.25) is 0 Å². The number of aromatic nitrogens is 1. The first-order chi connectivity index (χ1) is 10.2. The second-order valence-corrected chi connectivity index (χ2v) is 6.37. The Morgan fingerprint density at radius 3 is 2.73 bits per heavy atom. The lowest BCUT2D eigenvalue weighted by atomic mass is 10.1. The molecule has 0 aliphatic rings. The lowest BCUT2D eigenvalue weighted by Crippen LogP contribution is -2.37. The number of alkyl carbamates (subject to hydrolysis) is 1. The van der Waals surface area contributed by atoms with E-state index in [0.29, 0.717) is 11.6 Å². The van der Waals surface area contributed by atoms with Gasteiger partial charge in [0.05, 0.1) is 7.11 Å². The Morgan fingerprint density at radius 1 is 1.45 bits per heavy atom. The van der Waals surface area contributed by atoms with E-state index in [2.05, 4.69) is 10.3 Å². The summed E-state index contributed by atoms with van der Waals surface area (Å²) in [6, 6.07) is 1.95. The van der Waals surface area contributed by atoms with Gasteiger partial charge < -0.3 is 20.5 Å². The number of anilines is 1. The minimum atomic E-state index is -0.476. The number of hydrogen-bond donors (Lipinski definition) is 2. The standard InChI is InChI=1S/C16H27N3O3/c1-11(19-15(20)22-16(2,3)4)7-6-8-12-9-13(21-5)14(17)18-10-12/h9-11H,6-8H2,1-5H3,(H2,17,18)(H,19,20)/t11-/m0/s1. The monoisotopic (exact) mass is 309 g/mol. The molecular formula is C16H27N3O3. The number of pyridine rings is 1. The molecule has 22 heavy (non-hydrogen) atoms. The van der Waals surface area contributed by atoms with Gasteiger partial charge in [-0.2, -0.15) is 0 Å². The first-order valence-electron chi connectivity index (χ1n) is 7.49. The van der Waals surface area contributed by atoms with E-state index in [-0.39, 0.29) is 12.1 Å². The van der Waals surface area contributed by atoms with Crippen molar-refractivity contribution in [3.05, 3.63) is 17.8 Å². The second kappa shape index (κ2) is 7.87. The molecule has 6 nitrogen and oxygen atoms in total. The molecule has 0 unspecified atom stereocenters. The molecule has 0 aliphatic heterocycles. The number of amides is 1. The molecule has 1 aromatic heterocycles. The number of methoxy groups -OCH3 is 1. The number of carbonyl (C=O) groups is 1. The summed E-state index contributed by atoms with van der Waals surface area (Å²) in [5.41, 5.74) is 6.27. The highest BCUT2D eigenvalue weighted by Crippen LogP contribution is 2.20. The van der Waals surface area contributed by atoms with Crippen molar-refractivity contribution >= 4 is 11.9 Å². The maximum atomic E-state index is 11.6. The van der Waals surface area contributed by atoms with Crippen molar-refractivity contribution in [2.45, 2.75) is 58.6 Å². The molecule has 3 N–H and O–H groups in total. The van der Waals surface area contributed by atoms with Gasteiger partial charge in [0, 0.05) is 12.2 Å². The maximum Gasteiger partial charge on any atom is 0.407 e. The van der Waals surface area contributed by atoms with Crippen LogP contribution in [0.25, 0.3) is 0 Å². The number of nitrogen functional groups attached to an aromatic ring is 1. The lowest BCUT2D eigenvalue weighted by molar-refractivity contribution is 0.0506. The summed E-state index contributed by atoms with van der Waals surface area (Å²) in [5, 5.41) is 2.83. The maximum absolute atomic E-state index is 11.6. The zero-order chi connectivity index (χ0) is 16.8. The molecule has 0 bridgehead atoms. The molecule has 0 spiro atoms. The Morgan fingerprint density at radius 2 is 2.14 bits per heavy atom. The first-order valence-corrected chi connectivity index (χ1v) is 7.49. The van der Waals surface area contributed by atoms with Crippen molar-refractivity contribution < 1.29 is 14.3 Å². The number of rotatable bonds is 6. The third-order valence-electron chi connectivity index (χ3n) is 3.02. The molecule has 0 aromatic carbocycles. The number of nitrogens with one attached hydrogen (secondary N) is 1. The zero-order valence-electron chi connectivity index (χ0n) is 14.1. The fourth-order valence-corrected chi connectivity index (χ4v) is 1.99. The van der Waals surface area contributed by atoms with E-state index in [4.69, 9.17) is 15.2 Å². The van der Waals surface area contributed by atoms with Gasteiger partial charge in [-0.1, -0.05) is 0 Å². The van der Waals surface area contributed by atoms with Crippen LogP contribution < -0.4 is 15.8 Å². The Kier molecular flexibility index (Phi) is 6.46. The molecule has 6 heteroatoms. The zero-order valence-corrected chi connectivity index (χ0v) is 14.1. The van der Waals surface area contributed by atoms with Crippen molar-refractivity contribution in [2.75, 3.05) is 12.8 Å². The fourth-order valence-electron chi connectivity index (χ4n) is 1.99. The summed E-state index contributed by atoms with van der Waals surface area (Å²) in [5.74, 6) is 0.989. The van der Waals surface area contributed by atoms with Crippen LogP contribution in [0.4, 0.5) is 10.6 Å². The molecule has 0 saturated heterocycles. The second-order valence-electron chi connectivity index (χ2n) is 6.37. The number of aryl methyl sites for hydroxylation is 1. The van der Waals surface area contributed by atoms with Gasteiger partial charge in [-0.15, -0.1) is 0 Å². The average molecular weight is 309 g/mol. The molecule has 1 atom stereocenters. The van der Waals surface area contributed by atoms with Gasteiger partial charge in [0.25, 0.3) is 0 Å². The Bertz CT molecular complexity index is 498. The van der Waals surface area contributed by atoms with E-state index in [0.717, 1.165) is 24.8 Å². The van der Waals surface area contributed by atoms with E-state index in [1.807, 2.05) is 33.8 Å². The van der Waals surface area contributed by atoms with Crippen LogP contribution in [-0.2, 0) is 11.2 Å². The minimum absolute atomic E-state index is 0.0542. The van der Waals surface area contributed by atoms with Crippen LogP contribution in [0.15, 0.2) is 12.3 Å². The molecule has 124 valence electrons. The minimum Gasteiger partial charge on any atom is -0.493 e. The van der Waals surface area contributed by atoms with Crippen LogP contribution in [0, 0.1) is 0 Å². The molecule has 0 radical (unpaired) electrons. The highest BCUT2D eigenvalue weighted by molar-refractivity contribution is 5.68. The topological polar surface area (TPSA) is 86.5 Å². The van der Waals surface area contributed by atoms with E-state index in [1.165, 1.54) is 0 Å². The Labute approximate surface area is 132 Å². The molecule has 1 aromatic rings. The normalized spacial score (nSPS) is 12.6. The van der Waals surface area contributed by atoms with Gasteiger partial charge in [-0.05, 0) is 58.6 Å². The average Bonchev–Trinajstić information content (AvgIpc) is 2.38. The van der Waals surface area contributed by atoms with Crippen molar-refractivity contribution in [2.24, 2.45) is 0 Å². The molecule has 1 heterocycles. The van der Waals surface area contributed by atoms with E-state index in [1.54, 1.807) is 13.3 Å². The summed E-state index contributed by atoms with van der Waals surface area (Å²) in [6.45, 7) is 7.50. The predicted octanol–water partition coefficient (Wildman–Crippen LogP) is 2.91. The van der Waals surface area contributed by atoms with E-state index < -0.39 is 5.60 Å². The van der Waals surface area contributed by atoms with Crippen LogP contribution in [0.1, 0.15) is 46.1 Å². The predicted molar refractivity (Wildman–Crippen MR) is 87.0 cm³/mol. The van der Waals surface area contributed by atoms with Crippen LogP contribution in [0.5, 0.6) is 5.75 Å². The van der Waals surface area contributed by atoms with Crippen molar-refractivity contribution in [1.29, 1.82) is 0 Å². The van der Waals surface area contributed by atoms with E-state index >= 15 is 0 Å². The summed E-state index contributed by atoms with van der Waals surface area (Å²) < 4.78 is 10.4. The first kappa shape index (κ1) is 18.1. The number of carbonyl (C=O) groups excluding carboxylic acids is 1. The highest BCUT2D eigenvalue weighted by atomic mass is 16.6. The molecule has 0 saturated carbocycles. The smallest absolute Gasteiger partial charge is 0.407 e. The van der Waals surface area contributed by atoms with Crippen LogP contribution >= 0.6 is 0 Å².